The number of halogens is 1. The average Bonchev–Trinajstić information content (AvgIpc) is 4.04. The van der Waals surface area contributed by atoms with Gasteiger partial charge >= 0.3 is 0 Å². The molecular formula is C43H45ClN14O2. The predicted octanol–water partition coefficient (Wildman–Crippen LogP) is 6.13. The number of nitrogens with one attached hydrogen (secondary N) is 2. The first-order valence-corrected chi connectivity index (χ1v) is 20.8. The van der Waals surface area contributed by atoms with Crippen molar-refractivity contribution >= 4 is 73.3 Å². The minimum atomic E-state index is -0.540. The van der Waals surface area contributed by atoms with Gasteiger partial charge in [-0.05, 0) is 63.9 Å². The highest BCUT2D eigenvalue weighted by atomic mass is 35.5. The van der Waals surface area contributed by atoms with Gasteiger partial charge in [0, 0.05) is 91.3 Å². The lowest BCUT2D eigenvalue weighted by molar-refractivity contribution is -0.131. The normalized spacial score (nSPS) is 20.5. The number of fused-ring (bicyclic) bond motifs is 8. The summed E-state index contributed by atoms with van der Waals surface area (Å²) in [5.41, 5.74) is 21.6. The molecule has 1 unspecified atom stereocenters. The van der Waals surface area contributed by atoms with Gasteiger partial charge in [-0.15, -0.1) is 0 Å². The second-order valence-electron chi connectivity index (χ2n) is 17.5. The molecule has 11 heterocycles. The minimum Gasteiger partial charge on any atom is -0.383 e. The lowest BCUT2D eigenvalue weighted by Crippen LogP contribution is -2.51. The Morgan fingerprint density at radius 3 is 2.40 bits per heavy atom. The summed E-state index contributed by atoms with van der Waals surface area (Å²) in [7, 11) is 0. The Morgan fingerprint density at radius 2 is 1.67 bits per heavy atom. The number of carbonyl (C=O) groups is 1. The Hall–Kier alpha value is -6.10. The Kier molecular flexibility index (Phi) is 8.13. The molecule has 0 aromatic carbocycles. The molecule has 0 radical (unpaired) electrons. The summed E-state index contributed by atoms with van der Waals surface area (Å²) in [6.07, 6.45) is 7.60. The fourth-order valence-corrected chi connectivity index (χ4v) is 10.7. The molecule has 0 aliphatic carbocycles. The van der Waals surface area contributed by atoms with E-state index in [9.17, 15) is 4.79 Å². The maximum Gasteiger partial charge on any atom is 0.219 e. The smallest absolute Gasteiger partial charge is 0.219 e. The van der Waals surface area contributed by atoms with E-state index in [0.717, 1.165) is 111 Å². The summed E-state index contributed by atoms with van der Waals surface area (Å²) >= 11 is 7.19. The van der Waals surface area contributed by atoms with E-state index in [1.807, 2.05) is 17.0 Å². The Balaban J connectivity index is 1.05. The highest BCUT2D eigenvalue weighted by Gasteiger charge is 2.42. The van der Waals surface area contributed by atoms with Crippen LogP contribution < -0.4 is 11.5 Å². The molecule has 6 N–H and O–H groups in total. The number of aromatic amines is 2. The van der Waals surface area contributed by atoms with Crippen LogP contribution in [-0.4, -0.2) is 97.1 Å². The summed E-state index contributed by atoms with van der Waals surface area (Å²) in [6, 6.07) is 10.2. The van der Waals surface area contributed by atoms with Gasteiger partial charge in [-0.25, -0.2) is 29.9 Å². The molecule has 3 aliphatic rings. The molecule has 0 saturated carbocycles. The quantitative estimate of drug-likeness (QED) is 0.150. The van der Waals surface area contributed by atoms with Crippen LogP contribution in [0.4, 0.5) is 11.6 Å². The van der Waals surface area contributed by atoms with Gasteiger partial charge < -0.3 is 40.2 Å². The zero-order valence-corrected chi connectivity index (χ0v) is 34.6. The second kappa shape index (κ2) is 13.2. The van der Waals surface area contributed by atoms with Gasteiger partial charge in [-0.1, -0.05) is 11.6 Å². The van der Waals surface area contributed by atoms with E-state index >= 15 is 0 Å². The molecule has 8 aromatic rings. The van der Waals surface area contributed by atoms with Gasteiger partial charge in [-0.3, -0.25) is 9.69 Å². The highest BCUT2D eigenvalue weighted by molar-refractivity contribution is 6.38. The summed E-state index contributed by atoms with van der Waals surface area (Å²) < 4.78 is 10.7. The number of carbonyl (C=O) groups excluding carboxylic acids is 1. The molecule has 60 heavy (non-hydrogen) atoms. The Morgan fingerprint density at radius 1 is 0.917 bits per heavy atom. The lowest BCUT2D eigenvalue weighted by atomic mass is 9.90. The van der Waals surface area contributed by atoms with E-state index in [-0.39, 0.29) is 12.0 Å². The first kappa shape index (κ1) is 36.9. The van der Waals surface area contributed by atoms with E-state index in [4.69, 9.17) is 42.8 Å². The molecule has 8 aromatic heterocycles. The van der Waals surface area contributed by atoms with Gasteiger partial charge in [0.05, 0.1) is 50.9 Å². The van der Waals surface area contributed by atoms with E-state index in [2.05, 4.69) is 77.9 Å². The van der Waals surface area contributed by atoms with Crippen LogP contribution in [0.1, 0.15) is 57.6 Å². The molecule has 0 spiro atoms. The topological polar surface area (TPSA) is 204 Å². The second-order valence-corrected chi connectivity index (χ2v) is 17.9. The summed E-state index contributed by atoms with van der Waals surface area (Å²) in [5.74, 6) is 0.780. The molecule has 17 heteroatoms. The fourth-order valence-electron chi connectivity index (χ4n) is 10.4. The maximum atomic E-state index is 12.8. The van der Waals surface area contributed by atoms with Crippen molar-refractivity contribution in [2.24, 2.45) is 0 Å². The largest absolute Gasteiger partial charge is 0.383 e. The van der Waals surface area contributed by atoms with Crippen LogP contribution in [0.5, 0.6) is 0 Å². The van der Waals surface area contributed by atoms with Crippen LogP contribution in [0.2, 0.25) is 5.02 Å². The van der Waals surface area contributed by atoms with Crippen molar-refractivity contribution in [2.45, 2.75) is 77.2 Å². The SMILES string of the molecule is CC(=O)N1Cc2c(-c3cc4ccc(CC5(C)CN(C[C@@H]6CCCO6)Cc6c(-c7[nH]c8ncccc8c7Cl)c7c(N)ncnc7n65)nc4[nH]3)c3c(N)ncnc3n2C(C)(C)C1. The van der Waals surface area contributed by atoms with Crippen molar-refractivity contribution in [2.75, 3.05) is 37.7 Å². The molecule has 1 saturated heterocycles. The van der Waals surface area contributed by atoms with E-state index < -0.39 is 11.1 Å². The van der Waals surface area contributed by atoms with Gasteiger partial charge in [0.25, 0.3) is 0 Å². The number of aromatic nitrogens is 10. The van der Waals surface area contributed by atoms with Crippen molar-refractivity contribution in [3.05, 3.63) is 71.3 Å². The number of nitrogen functional groups attached to an aromatic ring is 2. The number of nitrogens with two attached hydrogens (primary N) is 2. The molecule has 3 aliphatic heterocycles. The number of rotatable bonds is 6. The first-order valence-electron chi connectivity index (χ1n) is 20.4. The van der Waals surface area contributed by atoms with Crippen LogP contribution in [0.15, 0.2) is 49.2 Å². The predicted molar refractivity (Wildman–Crippen MR) is 231 cm³/mol. The molecule has 1 amide bonds. The molecule has 2 atom stereocenters. The Labute approximate surface area is 349 Å². The zero-order chi connectivity index (χ0) is 41.2. The third kappa shape index (κ3) is 5.53. The fraction of sp³-hybridized carbons (Fsp3) is 0.372. The van der Waals surface area contributed by atoms with Crippen molar-refractivity contribution in [1.82, 2.24) is 58.8 Å². The van der Waals surface area contributed by atoms with E-state index in [1.165, 1.54) is 12.7 Å². The van der Waals surface area contributed by atoms with Gasteiger partial charge in [0.15, 0.2) is 0 Å². The number of amides is 1. The number of anilines is 2. The number of hydrogen-bond acceptors (Lipinski definition) is 11. The Bertz CT molecular complexity index is 3060. The minimum absolute atomic E-state index is 0.0133. The number of hydrogen-bond donors (Lipinski definition) is 4. The monoisotopic (exact) mass is 824 g/mol. The van der Waals surface area contributed by atoms with Crippen molar-refractivity contribution < 1.29 is 9.53 Å². The van der Waals surface area contributed by atoms with Crippen molar-refractivity contribution in [3.63, 3.8) is 0 Å². The number of ether oxygens (including phenoxy) is 1. The average molecular weight is 825 g/mol. The third-order valence-electron chi connectivity index (χ3n) is 12.8. The maximum absolute atomic E-state index is 12.8. The molecule has 0 bridgehead atoms. The number of pyridine rings is 2. The molecule has 306 valence electrons. The van der Waals surface area contributed by atoms with Crippen LogP contribution in [0.3, 0.4) is 0 Å². The van der Waals surface area contributed by atoms with E-state index in [0.29, 0.717) is 48.4 Å². The highest BCUT2D eigenvalue weighted by Crippen LogP contribution is 2.47. The first-order chi connectivity index (χ1) is 28.9. The van der Waals surface area contributed by atoms with Crippen LogP contribution in [-0.2, 0) is 40.1 Å². The molecule has 1 fully saturated rings. The van der Waals surface area contributed by atoms with Crippen molar-refractivity contribution in [3.8, 4) is 22.5 Å². The lowest BCUT2D eigenvalue weighted by Gasteiger charge is -2.44. The van der Waals surface area contributed by atoms with Crippen molar-refractivity contribution in [1.29, 1.82) is 0 Å². The van der Waals surface area contributed by atoms with Crippen LogP contribution in [0.25, 0.3) is 66.6 Å². The van der Waals surface area contributed by atoms with E-state index in [1.54, 1.807) is 13.1 Å². The number of H-pyrrole nitrogens is 2. The van der Waals surface area contributed by atoms with Gasteiger partial charge in [0.2, 0.25) is 5.91 Å². The summed E-state index contributed by atoms with van der Waals surface area (Å²) in [5, 5.41) is 3.86. The summed E-state index contributed by atoms with van der Waals surface area (Å²) in [6.45, 7) is 12.0. The van der Waals surface area contributed by atoms with Gasteiger partial charge in [0.1, 0.15) is 46.9 Å². The zero-order valence-electron chi connectivity index (χ0n) is 33.9. The van der Waals surface area contributed by atoms with Crippen LogP contribution in [0, 0.1) is 0 Å². The number of nitrogens with zero attached hydrogens (tertiary/aromatic N) is 10. The molecular weight excluding hydrogens is 780 g/mol. The van der Waals surface area contributed by atoms with Gasteiger partial charge in [-0.2, -0.15) is 0 Å². The summed E-state index contributed by atoms with van der Waals surface area (Å²) in [4.78, 5) is 52.7. The van der Waals surface area contributed by atoms with Crippen LogP contribution >= 0.6 is 11.6 Å². The molecule has 11 rings (SSSR count). The third-order valence-corrected chi connectivity index (χ3v) is 13.2. The molecule has 16 nitrogen and oxygen atoms in total. The standard InChI is InChI=1S/C43H45ClN14O2/c1-22(59)56-17-29-30(32-36(45)48-20-50-40(32)57(29)42(2,3)18-56)27-13-23-9-10-24(52-38(23)53-27)14-43(4)19-55(15-25-7-6-12-60-25)16-28-31(33-37(46)49-21-51-41(33)58(28)43)35-34(44)26-8-5-11-47-39(26)54-35/h5,8-11,13,20-21,25H,6-7,12,14-19H2,1-4H3,(H,47,54)(H,52,53)(H2,45,48,50)(H2,46,49,51)/t25-,43?/m0/s1.